The molecule has 0 spiro atoms. The first-order valence-electron chi connectivity index (χ1n) is 5.46. The van der Waals surface area contributed by atoms with Crippen molar-refractivity contribution in [2.24, 2.45) is 0 Å². The van der Waals surface area contributed by atoms with Crippen LogP contribution in [0.3, 0.4) is 0 Å². The summed E-state index contributed by atoms with van der Waals surface area (Å²) in [5, 5.41) is 19.1. The van der Waals surface area contributed by atoms with Crippen LogP contribution in [0.15, 0.2) is 24.7 Å². The standard InChI is InChI=1S/C11H10N4O3/c16-9(13-11(3-4-11)10(17)18)7-1-2-8-14-12-6-15(8)5-7/h1-2,5-6H,3-4H2,(H,13,16)(H,17,18). The van der Waals surface area contributed by atoms with Gasteiger partial charge in [0.2, 0.25) is 0 Å². The summed E-state index contributed by atoms with van der Waals surface area (Å²) in [7, 11) is 0. The fourth-order valence-electron chi connectivity index (χ4n) is 1.77. The highest BCUT2D eigenvalue weighted by Crippen LogP contribution is 2.35. The molecule has 2 aromatic rings. The van der Waals surface area contributed by atoms with Crippen LogP contribution in [0.1, 0.15) is 23.2 Å². The van der Waals surface area contributed by atoms with E-state index >= 15 is 0 Å². The molecule has 0 unspecified atom stereocenters. The van der Waals surface area contributed by atoms with Crippen LogP contribution in [0.4, 0.5) is 0 Å². The molecule has 7 nitrogen and oxygen atoms in total. The molecule has 1 aliphatic carbocycles. The lowest BCUT2D eigenvalue weighted by atomic mass is 10.2. The second kappa shape index (κ2) is 3.52. The number of nitrogens with zero attached hydrogens (tertiary/aromatic N) is 3. The SMILES string of the molecule is O=C(NC1(C(=O)O)CC1)c1ccc2nncn2c1. The second-order valence-electron chi connectivity index (χ2n) is 4.36. The number of hydrogen-bond donors (Lipinski definition) is 2. The Morgan fingerprint density at radius 1 is 1.39 bits per heavy atom. The van der Waals surface area contributed by atoms with E-state index in [4.69, 9.17) is 5.11 Å². The quantitative estimate of drug-likeness (QED) is 0.799. The van der Waals surface area contributed by atoms with Gasteiger partial charge in [0.1, 0.15) is 11.9 Å². The Kier molecular flexibility index (Phi) is 2.09. The molecule has 0 atom stereocenters. The van der Waals surface area contributed by atoms with Gasteiger partial charge in [-0.15, -0.1) is 10.2 Å². The van der Waals surface area contributed by atoms with Gasteiger partial charge in [-0.1, -0.05) is 0 Å². The van der Waals surface area contributed by atoms with Gasteiger partial charge in [-0.2, -0.15) is 0 Å². The first-order valence-corrected chi connectivity index (χ1v) is 5.46. The molecule has 7 heteroatoms. The largest absolute Gasteiger partial charge is 0.480 e. The topological polar surface area (TPSA) is 96.6 Å². The highest BCUT2D eigenvalue weighted by molar-refractivity contribution is 5.98. The van der Waals surface area contributed by atoms with Crippen molar-refractivity contribution in [2.75, 3.05) is 0 Å². The van der Waals surface area contributed by atoms with Gasteiger partial charge in [-0.05, 0) is 25.0 Å². The number of carboxylic acid groups (broad SMARTS) is 1. The third kappa shape index (κ3) is 1.60. The van der Waals surface area contributed by atoms with E-state index in [1.807, 2.05) is 0 Å². The van der Waals surface area contributed by atoms with E-state index in [0.29, 0.717) is 24.1 Å². The van der Waals surface area contributed by atoms with E-state index in [0.717, 1.165) is 0 Å². The Morgan fingerprint density at radius 3 is 2.83 bits per heavy atom. The molecule has 2 N–H and O–H groups in total. The van der Waals surface area contributed by atoms with Crippen molar-refractivity contribution in [3.8, 4) is 0 Å². The molecule has 1 amide bonds. The van der Waals surface area contributed by atoms with Crippen molar-refractivity contribution in [3.63, 3.8) is 0 Å². The summed E-state index contributed by atoms with van der Waals surface area (Å²) in [6, 6.07) is 3.25. The Hall–Kier alpha value is -2.44. The maximum Gasteiger partial charge on any atom is 0.329 e. The zero-order valence-corrected chi connectivity index (χ0v) is 9.33. The number of amides is 1. The third-order valence-electron chi connectivity index (χ3n) is 3.07. The molecule has 0 aliphatic heterocycles. The van der Waals surface area contributed by atoms with E-state index in [9.17, 15) is 9.59 Å². The highest BCUT2D eigenvalue weighted by Gasteiger charge is 2.51. The fraction of sp³-hybridized carbons (Fsp3) is 0.273. The molecule has 0 bridgehead atoms. The average Bonchev–Trinajstić information content (AvgIpc) is 2.98. The maximum atomic E-state index is 11.9. The van der Waals surface area contributed by atoms with Crippen molar-refractivity contribution in [2.45, 2.75) is 18.4 Å². The summed E-state index contributed by atoms with van der Waals surface area (Å²) in [5.74, 6) is -1.38. The minimum Gasteiger partial charge on any atom is -0.480 e. The number of carbonyl (C=O) groups is 2. The van der Waals surface area contributed by atoms with Crippen molar-refractivity contribution in [1.29, 1.82) is 0 Å². The summed E-state index contributed by atoms with van der Waals surface area (Å²) in [4.78, 5) is 22.9. The Bertz CT molecular complexity index is 645. The molecule has 0 radical (unpaired) electrons. The lowest BCUT2D eigenvalue weighted by Crippen LogP contribution is -2.43. The molecule has 0 aromatic carbocycles. The molecular formula is C11H10N4O3. The van der Waals surface area contributed by atoms with Gasteiger partial charge in [0, 0.05) is 6.20 Å². The molecule has 1 aliphatic rings. The molecular weight excluding hydrogens is 236 g/mol. The minimum atomic E-state index is -1.07. The third-order valence-corrected chi connectivity index (χ3v) is 3.07. The van der Waals surface area contributed by atoms with Crippen molar-refractivity contribution < 1.29 is 14.7 Å². The van der Waals surface area contributed by atoms with E-state index in [1.54, 1.807) is 22.7 Å². The summed E-state index contributed by atoms with van der Waals surface area (Å²) < 4.78 is 1.61. The summed E-state index contributed by atoms with van der Waals surface area (Å²) in [6.07, 6.45) is 4.00. The molecule has 3 rings (SSSR count). The number of fused-ring (bicyclic) bond motifs is 1. The van der Waals surface area contributed by atoms with Crippen LogP contribution in [-0.2, 0) is 4.79 Å². The second-order valence-corrected chi connectivity index (χ2v) is 4.36. The minimum absolute atomic E-state index is 0.384. The van der Waals surface area contributed by atoms with Crippen LogP contribution < -0.4 is 5.32 Å². The summed E-state index contributed by atoms with van der Waals surface area (Å²) >= 11 is 0. The number of pyridine rings is 1. The number of carbonyl (C=O) groups excluding carboxylic acids is 1. The summed E-state index contributed by atoms with van der Waals surface area (Å²) in [6.45, 7) is 0. The Morgan fingerprint density at radius 2 is 2.17 bits per heavy atom. The van der Waals surface area contributed by atoms with Crippen LogP contribution in [-0.4, -0.2) is 37.1 Å². The van der Waals surface area contributed by atoms with Gasteiger partial charge >= 0.3 is 5.97 Å². The number of nitrogens with one attached hydrogen (secondary N) is 1. The first-order chi connectivity index (χ1) is 8.61. The Balaban J connectivity index is 1.86. The van der Waals surface area contributed by atoms with Crippen LogP contribution >= 0.6 is 0 Å². The number of rotatable bonds is 3. The van der Waals surface area contributed by atoms with Gasteiger partial charge in [0.05, 0.1) is 5.56 Å². The predicted octanol–water partition coefficient (Wildman–Crippen LogP) is 0.0763. The smallest absolute Gasteiger partial charge is 0.329 e. The van der Waals surface area contributed by atoms with Gasteiger partial charge in [0.25, 0.3) is 5.91 Å². The van der Waals surface area contributed by atoms with Crippen LogP contribution in [0, 0.1) is 0 Å². The van der Waals surface area contributed by atoms with Crippen molar-refractivity contribution >= 4 is 17.5 Å². The van der Waals surface area contributed by atoms with E-state index in [2.05, 4.69) is 15.5 Å². The van der Waals surface area contributed by atoms with E-state index < -0.39 is 17.4 Å². The van der Waals surface area contributed by atoms with Gasteiger partial charge in [-0.25, -0.2) is 4.79 Å². The lowest BCUT2D eigenvalue weighted by molar-refractivity contribution is -0.140. The molecule has 1 saturated carbocycles. The lowest BCUT2D eigenvalue weighted by Gasteiger charge is -2.12. The number of aromatic nitrogens is 3. The van der Waals surface area contributed by atoms with Crippen molar-refractivity contribution in [1.82, 2.24) is 19.9 Å². The van der Waals surface area contributed by atoms with E-state index in [-0.39, 0.29) is 0 Å². The zero-order valence-electron chi connectivity index (χ0n) is 9.33. The molecule has 1 fully saturated rings. The highest BCUT2D eigenvalue weighted by atomic mass is 16.4. The molecule has 18 heavy (non-hydrogen) atoms. The molecule has 2 aromatic heterocycles. The first kappa shape index (κ1) is 10.7. The van der Waals surface area contributed by atoms with Crippen LogP contribution in [0.2, 0.25) is 0 Å². The van der Waals surface area contributed by atoms with Gasteiger partial charge in [-0.3, -0.25) is 9.20 Å². The maximum absolute atomic E-state index is 11.9. The monoisotopic (exact) mass is 246 g/mol. The number of carboxylic acids is 1. The number of aliphatic carboxylic acids is 1. The van der Waals surface area contributed by atoms with Gasteiger partial charge < -0.3 is 10.4 Å². The Labute approximate surface area is 101 Å². The number of hydrogen-bond acceptors (Lipinski definition) is 4. The van der Waals surface area contributed by atoms with Crippen LogP contribution in [0.5, 0.6) is 0 Å². The van der Waals surface area contributed by atoms with Crippen LogP contribution in [0.25, 0.3) is 5.65 Å². The predicted molar refractivity (Wildman–Crippen MR) is 60.1 cm³/mol. The summed E-state index contributed by atoms with van der Waals surface area (Å²) in [5.41, 5.74) is -0.0556. The molecule has 2 heterocycles. The fourth-order valence-corrected chi connectivity index (χ4v) is 1.77. The molecule has 0 saturated heterocycles. The normalized spacial score (nSPS) is 16.4. The van der Waals surface area contributed by atoms with E-state index in [1.165, 1.54) is 6.33 Å². The zero-order chi connectivity index (χ0) is 12.8. The van der Waals surface area contributed by atoms with Crippen molar-refractivity contribution in [3.05, 3.63) is 30.2 Å². The van der Waals surface area contributed by atoms with Gasteiger partial charge in [0.15, 0.2) is 5.65 Å². The average molecular weight is 246 g/mol. The molecule has 92 valence electrons.